The van der Waals surface area contributed by atoms with Crippen LogP contribution >= 0.6 is 0 Å². The predicted molar refractivity (Wildman–Crippen MR) is 189 cm³/mol. The van der Waals surface area contributed by atoms with Crippen LogP contribution < -0.4 is 14.8 Å². The van der Waals surface area contributed by atoms with Crippen molar-refractivity contribution in [1.29, 1.82) is 5.26 Å². The van der Waals surface area contributed by atoms with Crippen LogP contribution in [0.25, 0.3) is 22.2 Å². The third-order valence-electron chi connectivity index (χ3n) is 8.49. The van der Waals surface area contributed by atoms with Gasteiger partial charge in [-0.25, -0.2) is 18.8 Å². The predicted octanol–water partition coefficient (Wildman–Crippen LogP) is 8.96. The van der Waals surface area contributed by atoms with Gasteiger partial charge >= 0.3 is 0 Å². The van der Waals surface area contributed by atoms with E-state index in [1.54, 1.807) is 18.2 Å². The smallest absolute Gasteiger partial charge is 0.289 e. The summed E-state index contributed by atoms with van der Waals surface area (Å²) in [5.74, 6) is -0.539. The molecular weight excluding hydrogens is 645 g/mol. The molecule has 2 aromatic heterocycles. The average Bonchev–Trinajstić information content (AvgIpc) is 3.79. The van der Waals surface area contributed by atoms with Gasteiger partial charge in [-0.3, -0.25) is 0 Å². The van der Waals surface area contributed by atoms with Crippen LogP contribution in [-0.2, 0) is 16.2 Å². The first-order valence-electron chi connectivity index (χ1n) is 16.9. The zero-order chi connectivity index (χ0) is 34.7. The Kier molecular flexibility index (Phi) is 10.2. The third-order valence-corrected chi connectivity index (χ3v) is 10.2. The van der Waals surface area contributed by atoms with Crippen LogP contribution in [0.5, 0.6) is 17.2 Å². The summed E-state index contributed by atoms with van der Waals surface area (Å²) in [7, 11) is -1.31. The Morgan fingerprint density at radius 3 is 2.51 bits per heavy atom. The van der Waals surface area contributed by atoms with Crippen molar-refractivity contribution < 1.29 is 27.7 Å². The quantitative estimate of drug-likeness (QED) is 0.111. The summed E-state index contributed by atoms with van der Waals surface area (Å²) in [4.78, 5) is 9.05. The zero-order valence-electron chi connectivity index (χ0n) is 28.7. The van der Waals surface area contributed by atoms with Crippen molar-refractivity contribution >= 4 is 30.8 Å². The number of hydrogen-bond donors (Lipinski definition) is 1. The number of nitriles is 1. The van der Waals surface area contributed by atoms with Crippen LogP contribution in [0, 0.1) is 34.8 Å². The van der Waals surface area contributed by atoms with E-state index in [0.29, 0.717) is 59.1 Å². The molecule has 0 amide bonds. The molecule has 12 heteroatoms. The van der Waals surface area contributed by atoms with Crippen LogP contribution in [0.1, 0.15) is 38.7 Å². The maximum absolute atomic E-state index is 15.6. The van der Waals surface area contributed by atoms with E-state index in [-0.39, 0.29) is 30.3 Å². The van der Waals surface area contributed by atoms with Gasteiger partial charge in [-0.1, -0.05) is 38.5 Å². The summed E-state index contributed by atoms with van der Waals surface area (Å²) in [6.07, 6.45) is 6.91. The van der Waals surface area contributed by atoms with E-state index in [2.05, 4.69) is 41.0 Å². The molecule has 1 aliphatic heterocycles. The van der Waals surface area contributed by atoms with Gasteiger partial charge in [-0.05, 0) is 56.0 Å². The number of ether oxygens (including phenoxy) is 4. The first-order valence-corrected chi connectivity index (χ1v) is 20.6. The highest BCUT2D eigenvalue weighted by Crippen LogP contribution is 2.41. The van der Waals surface area contributed by atoms with E-state index in [0.717, 1.165) is 30.5 Å². The Balaban J connectivity index is 1.30. The zero-order valence-corrected chi connectivity index (χ0v) is 29.7. The van der Waals surface area contributed by atoms with Gasteiger partial charge in [0.05, 0.1) is 30.2 Å². The molecule has 1 atom stereocenters. The van der Waals surface area contributed by atoms with Gasteiger partial charge in [0.2, 0.25) is 0 Å². The van der Waals surface area contributed by atoms with Crippen molar-refractivity contribution in [3.8, 4) is 34.4 Å². The van der Waals surface area contributed by atoms with E-state index < -0.39 is 25.5 Å². The minimum absolute atomic E-state index is 0.115. The van der Waals surface area contributed by atoms with Gasteiger partial charge in [0, 0.05) is 56.4 Å². The number of rotatable bonds is 13. The maximum atomic E-state index is 15.6. The summed E-state index contributed by atoms with van der Waals surface area (Å²) in [6, 6.07) is 12.6. The molecule has 6 rings (SSSR count). The normalized spacial score (nSPS) is 16.3. The Hall–Kier alpha value is -4.47. The molecule has 1 aliphatic carbocycles. The second-order valence-corrected chi connectivity index (χ2v) is 20.0. The number of nitrogens with zero attached hydrogens (tertiary/aromatic N) is 4. The first-order chi connectivity index (χ1) is 23.5. The van der Waals surface area contributed by atoms with Crippen LogP contribution in [0.4, 0.5) is 14.5 Å². The second-order valence-electron chi connectivity index (χ2n) is 14.4. The lowest BCUT2D eigenvalue weighted by atomic mass is 10.0. The highest BCUT2D eigenvalue weighted by Gasteiger charge is 2.28. The number of halogens is 2. The fraction of sp³-hybridized carbons (Fsp3) is 0.432. The van der Waals surface area contributed by atoms with Crippen molar-refractivity contribution in [2.75, 3.05) is 25.1 Å². The van der Waals surface area contributed by atoms with Gasteiger partial charge in [-0.2, -0.15) is 5.26 Å². The number of aliphatic imine (C=N–C) groups is 1. The molecule has 258 valence electrons. The SMILES string of the molecule is CC(C)Oc1ccc(-c2cn(COCC[Si](C)(C)C)c3nccc(Oc4c(F)cc(NC5=NCC(CC6CC6)CO5)cc4F)c23)cc1C#N. The average molecular weight is 688 g/mol. The van der Waals surface area contributed by atoms with Crippen LogP contribution in [0.3, 0.4) is 0 Å². The maximum Gasteiger partial charge on any atom is 0.289 e. The number of benzene rings is 2. The minimum Gasteiger partial charge on any atom is -0.490 e. The molecule has 2 aliphatic rings. The highest BCUT2D eigenvalue weighted by atomic mass is 28.3. The van der Waals surface area contributed by atoms with Crippen molar-refractivity contribution in [3.63, 3.8) is 0 Å². The number of amidine groups is 1. The molecule has 0 bridgehead atoms. The van der Waals surface area contributed by atoms with Gasteiger partial charge in [-0.15, -0.1) is 0 Å². The third kappa shape index (κ3) is 8.58. The Labute approximate surface area is 286 Å². The molecule has 9 nitrogen and oxygen atoms in total. The van der Waals surface area contributed by atoms with Gasteiger partial charge in [0.25, 0.3) is 6.02 Å². The van der Waals surface area contributed by atoms with Crippen LogP contribution in [0.2, 0.25) is 25.7 Å². The lowest BCUT2D eigenvalue weighted by Crippen LogP contribution is -2.28. The Bertz CT molecular complexity index is 1870. The molecular formula is C37H43F2N5O4Si. The number of fused-ring (bicyclic) bond motifs is 1. The number of hydrogen-bond acceptors (Lipinski definition) is 8. The fourth-order valence-electron chi connectivity index (χ4n) is 5.78. The van der Waals surface area contributed by atoms with Crippen LogP contribution in [0.15, 0.2) is 53.8 Å². The minimum atomic E-state index is -1.31. The van der Waals surface area contributed by atoms with Gasteiger partial charge in [0.15, 0.2) is 17.4 Å². The Morgan fingerprint density at radius 2 is 1.86 bits per heavy atom. The van der Waals surface area contributed by atoms with Crippen molar-refractivity contribution in [3.05, 3.63) is 66.0 Å². The Morgan fingerprint density at radius 1 is 1.08 bits per heavy atom. The summed E-state index contributed by atoms with van der Waals surface area (Å²) in [5.41, 5.74) is 2.37. The lowest BCUT2D eigenvalue weighted by Gasteiger charge is -2.22. The molecule has 0 radical (unpaired) electrons. The van der Waals surface area contributed by atoms with E-state index in [1.165, 1.54) is 19.0 Å². The summed E-state index contributed by atoms with van der Waals surface area (Å²) in [5, 5.41) is 13.3. The molecule has 3 heterocycles. The van der Waals surface area contributed by atoms with Gasteiger partial charge < -0.3 is 28.8 Å². The lowest BCUT2D eigenvalue weighted by molar-refractivity contribution is 0.0899. The first kappa shape index (κ1) is 34.4. The number of nitrogens with one attached hydrogen (secondary N) is 1. The number of pyridine rings is 1. The molecule has 1 unspecified atom stereocenters. The number of anilines is 1. The van der Waals surface area contributed by atoms with Crippen molar-refractivity contribution in [2.45, 2.75) is 71.6 Å². The highest BCUT2D eigenvalue weighted by molar-refractivity contribution is 6.76. The summed E-state index contributed by atoms with van der Waals surface area (Å²) < 4.78 is 56.6. The van der Waals surface area contributed by atoms with E-state index in [9.17, 15) is 5.26 Å². The fourth-order valence-corrected chi connectivity index (χ4v) is 6.54. The molecule has 1 fully saturated rings. The molecule has 0 spiro atoms. The molecule has 4 aromatic rings. The van der Waals surface area contributed by atoms with E-state index in [1.807, 2.05) is 30.7 Å². The number of aromatic nitrogens is 2. The van der Waals surface area contributed by atoms with Crippen LogP contribution in [-0.4, -0.2) is 49.5 Å². The van der Waals surface area contributed by atoms with Crippen molar-refractivity contribution in [2.24, 2.45) is 16.8 Å². The molecule has 2 aromatic carbocycles. The summed E-state index contributed by atoms with van der Waals surface area (Å²) in [6.45, 7) is 12.6. The topological polar surface area (TPSA) is 103 Å². The molecule has 49 heavy (non-hydrogen) atoms. The van der Waals surface area contributed by atoms with E-state index >= 15 is 8.78 Å². The van der Waals surface area contributed by atoms with E-state index in [4.69, 9.17) is 18.9 Å². The van der Waals surface area contributed by atoms with Gasteiger partial charge in [0.1, 0.15) is 29.9 Å². The largest absolute Gasteiger partial charge is 0.490 e. The second kappa shape index (κ2) is 14.6. The summed E-state index contributed by atoms with van der Waals surface area (Å²) >= 11 is 0. The monoisotopic (exact) mass is 687 g/mol. The molecule has 1 N–H and O–H groups in total. The standard InChI is InChI=1S/C37H43F2N5O4Si/c1-23(2)47-32-9-8-26(15-27(32)18-40)29-20-44(22-45-12-13-49(3,4)5)36-34(29)33(10-11-41-36)48-35-30(38)16-28(17-31(35)39)43-37-42-19-25(21-46-37)14-24-6-7-24/h8-11,15-17,20,23-25H,6-7,12-14,19,21-22H2,1-5H3,(H,42,43). The molecule has 0 saturated heterocycles. The van der Waals surface area contributed by atoms with Crippen molar-refractivity contribution in [1.82, 2.24) is 9.55 Å². The molecule has 1 saturated carbocycles.